The third-order valence-corrected chi connectivity index (χ3v) is 3.59. The molecule has 16 heavy (non-hydrogen) atoms. The second kappa shape index (κ2) is 8.47. The molecule has 0 aromatic heterocycles. The van der Waals surface area contributed by atoms with Crippen LogP contribution >= 0.6 is 0 Å². The predicted molar refractivity (Wildman–Crippen MR) is 59.3 cm³/mol. The minimum atomic E-state index is -3.49. The van der Waals surface area contributed by atoms with Gasteiger partial charge in [-0.2, -0.15) is 9.57 Å². The van der Waals surface area contributed by atoms with Crippen molar-refractivity contribution in [1.82, 2.24) is 4.31 Å². The third kappa shape index (κ3) is 6.02. The van der Waals surface area contributed by atoms with Gasteiger partial charge >= 0.3 is 0 Å². The number of nitrogens with zero attached hydrogens (tertiary/aromatic N) is 2. The van der Waals surface area contributed by atoms with Gasteiger partial charge in [0, 0.05) is 33.9 Å². The Morgan fingerprint density at radius 2 is 1.81 bits per heavy atom. The Hall–Kier alpha value is -0.680. The lowest BCUT2D eigenvalue weighted by atomic mass is 10.4. The second-order valence-corrected chi connectivity index (χ2v) is 5.12. The van der Waals surface area contributed by atoms with Gasteiger partial charge in [0.1, 0.15) is 0 Å². The lowest BCUT2D eigenvalue weighted by molar-refractivity contribution is 0.164. The number of ether oxygens (including phenoxy) is 2. The van der Waals surface area contributed by atoms with E-state index in [2.05, 4.69) is 0 Å². The normalized spacial score (nSPS) is 11.6. The maximum Gasteiger partial charge on any atom is 0.227 e. The molecule has 0 fully saturated rings. The average Bonchev–Trinajstić information content (AvgIpc) is 2.22. The fourth-order valence-electron chi connectivity index (χ4n) is 1.14. The Morgan fingerprint density at radius 3 is 2.31 bits per heavy atom. The fourth-order valence-corrected chi connectivity index (χ4v) is 2.25. The number of rotatable bonds is 9. The summed E-state index contributed by atoms with van der Waals surface area (Å²) in [6.07, 6.45) is 0.602. The van der Waals surface area contributed by atoms with Gasteiger partial charge in [0.15, 0.2) is 5.75 Å². The zero-order chi connectivity index (χ0) is 12.4. The highest BCUT2D eigenvalue weighted by Gasteiger charge is 2.20. The molecule has 0 spiro atoms. The molecule has 0 bridgehead atoms. The molecule has 0 atom stereocenters. The molecule has 0 heterocycles. The first-order chi connectivity index (χ1) is 7.58. The Kier molecular flexibility index (Phi) is 8.11. The van der Waals surface area contributed by atoms with Crippen LogP contribution in [0, 0.1) is 11.3 Å². The molecule has 0 amide bonds. The van der Waals surface area contributed by atoms with Crippen LogP contribution in [0.2, 0.25) is 0 Å². The molecular weight excluding hydrogens is 232 g/mol. The van der Waals surface area contributed by atoms with Crippen molar-refractivity contribution in [2.45, 2.75) is 6.42 Å². The molecule has 0 aromatic carbocycles. The first-order valence-electron chi connectivity index (χ1n) is 4.91. The van der Waals surface area contributed by atoms with Crippen LogP contribution in [0.15, 0.2) is 0 Å². The van der Waals surface area contributed by atoms with Crippen molar-refractivity contribution in [3.63, 3.8) is 0 Å². The van der Waals surface area contributed by atoms with Crippen molar-refractivity contribution in [2.24, 2.45) is 0 Å². The summed E-state index contributed by atoms with van der Waals surface area (Å²) < 4.78 is 34.2. The smallest absolute Gasteiger partial charge is 0.227 e. The fraction of sp³-hybridized carbons (Fsp3) is 0.889. The maximum atomic E-state index is 11.6. The van der Waals surface area contributed by atoms with Crippen LogP contribution in [-0.4, -0.2) is 59.0 Å². The maximum absolute atomic E-state index is 11.6. The summed E-state index contributed by atoms with van der Waals surface area (Å²) >= 11 is 0. The Balaban J connectivity index is 4.35. The molecule has 7 heteroatoms. The van der Waals surface area contributed by atoms with Gasteiger partial charge < -0.3 is 9.47 Å². The van der Waals surface area contributed by atoms with Crippen LogP contribution in [0.5, 0.6) is 0 Å². The highest BCUT2D eigenvalue weighted by molar-refractivity contribution is 7.89. The molecule has 0 radical (unpaired) electrons. The highest BCUT2D eigenvalue weighted by atomic mass is 32.2. The minimum absolute atomic E-state index is 0.268. The second-order valence-electron chi connectivity index (χ2n) is 3.15. The van der Waals surface area contributed by atoms with Crippen LogP contribution in [0.25, 0.3) is 0 Å². The highest BCUT2D eigenvalue weighted by Crippen LogP contribution is 2.02. The van der Waals surface area contributed by atoms with Crippen LogP contribution in [0.3, 0.4) is 0 Å². The molecule has 0 aliphatic heterocycles. The predicted octanol–water partition coefficient (Wildman–Crippen LogP) is -0.175. The van der Waals surface area contributed by atoms with Crippen molar-refractivity contribution < 1.29 is 17.9 Å². The number of hydrogen-bond acceptors (Lipinski definition) is 5. The minimum Gasteiger partial charge on any atom is -0.385 e. The van der Waals surface area contributed by atoms with Gasteiger partial charge in [-0.1, -0.05) is 0 Å². The van der Waals surface area contributed by atoms with Crippen molar-refractivity contribution in [2.75, 3.05) is 46.3 Å². The number of hydrogen-bond donors (Lipinski definition) is 0. The van der Waals surface area contributed by atoms with E-state index in [4.69, 9.17) is 14.7 Å². The average molecular weight is 250 g/mol. The summed E-state index contributed by atoms with van der Waals surface area (Å²) in [6, 6.07) is 1.65. The van der Waals surface area contributed by atoms with Crippen LogP contribution in [-0.2, 0) is 19.5 Å². The molecule has 0 aliphatic carbocycles. The molecule has 0 rings (SSSR count). The number of nitriles is 1. The summed E-state index contributed by atoms with van der Waals surface area (Å²) in [5.41, 5.74) is 0. The van der Waals surface area contributed by atoms with Gasteiger partial charge in [0.05, 0.1) is 12.7 Å². The van der Waals surface area contributed by atoms with E-state index >= 15 is 0 Å². The third-order valence-electron chi connectivity index (χ3n) is 1.94. The lowest BCUT2D eigenvalue weighted by Crippen LogP contribution is -2.36. The van der Waals surface area contributed by atoms with Crippen LogP contribution in [0.4, 0.5) is 0 Å². The molecule has 0 unspecified atom stereocenters. The Labute approximate surface area is 96.8 Å². The quantitative estimate of drug-likeness (QED) is 0.531. The van der Waals surface area contributed by atoms with E-state index in [1.807, 2.05) is 0 Å². The zero-order valence-corrected chi connectivity index (χ0v) is 10.5. The van der Waals surface area contributed by atoms with E-state index in [0.717, 1.165) is 0 Å². The Morgan fingerprint density at radius 1 is 1.19 bits per heavy atom. The van der Waals surface area contributed by atoms with Crippen LogP contribution < -0.4 is 0 Å². The standard InChI is InChI=1S/C9H18N2O4S/c1-14-7-3-5-11(6-8-15-2)16(12,13)9-4-10/h3,5-9H2,1-2H3. The summed E-state index contributed by atoms with van der Waals surface area (Å²) in [4.78, 5) is 0. The van der Waals surface area contributed by atoms with Gasteiger partial charge in [0.25, 0.3) is 0 Å². The van der Waals surface area contributed by atoms with Crippen molar-refractivity contribution >= 4 is 10.0 Å². The first kappa shape index (κ1) is 15.3. The zero-order valence-electron chi connectivity index (χ0n) is 9.68. The Bertz CT molecular complexity index is 310. The first-order valence-corrected chi connectivity index (χ1v) is 6.52. The van der Waals surface area contributed by atoms with Gasteiger partial charge in [-0.25, -0.2) is 8.42 Å². The molecule has 0 aromatic rings. The van der Waals surface area contributed by atoms with Gasteiger partial charge in [-0.3, -0.25) is 0 Å². The molecule has 0 N–H and O–H groups in total. The van der Waals surface area contributed by atoms with E-state index in [1.165, 1.54) is 11.4 Å². The topological polar surface area (TPSA) is 79.6 Å². The molecule has 0 saturated carbocycles. The van der Waals surface area contributed by atoms with E-state index in [0.29, 0.717) is 26.2 Å². The van der Waals surface area contributed by atoms with Crippen molar-refractivity contribution in [3.05, 3.63) is 0 Å². The molecular formula is C9H18N2O4S. The summed E-state index contributed by atoms with van der Waals surface area (Å²) in [6.45, 7) is 1.43. The van der Waals surface area contributed by atoms with Crippen LogP contribution in [0.1, 0.15) is 6.42 Å². The van der Waals surface area contributed by atoms with Gasteiger partial charge in [-0.05, 0) is 6.42 Å². The molecule has 6 nitrogen and oxygen atoms in total. The van der Waals surface area contributed by atoms with Gasteiger partial charge in [-0.15, -0.1) is 0 Å². The lowest BCUT2D eigenvalue weighted by Gasteiger charge is -2.20. The molecule has 0 aliphatic rings. The van der Waals surface area contributed by atoms with Crippen molar-refractivity contribution in [3.8, 4) is 6.07 Å². The number of sulfonamides is 1. The summed E-state index contributed by atoms with van der Waals surface area (Å²) in [7, 11) is -0.425. The van der Waals surface area contributed by atoms with Gasteiger partial charge in [0.2, 0.25) is 10.0 Å². The summed E-state index contributed by atoms with van der Waals surface area (Å²) in [5.74, 6) is -0.496. The monoisotopic (exact) mass is 250 g/mol. The van der Waals surface area contributed by atoms with E-state index < -0.39 is 15.8 Å². The largest absolute Gasteiger partial charge is 0.385 e. The number of methoxy groups -OCH3 is 2. The van der Waals surface area contributed by atoms with E-state index in [1.54, 1.807) is 13.2 Å². The van der Waals surface area contributed by atoms with E-state index in [9.17, 15) is 8.42 Å². The molecule has 94 valence electrons. The SMILES string of the molecule is COCCCN(CCOC)S(=O)(=O)CC#N. The summed E-state index contributed by atoms with van der Waals surface area (Å²) in [5, 5.41) is 8.44. The van der Waals surface area contributed by atoms with E-state index in [-0.39, 0.29) is 6.54 Å². The molecule has 0 saturated heterocycles. The van der Waals surface area contributed by atoms with Crippen molar-refractivity contribution in [1.29, 1.82) is 5.26 Å².